The molecule has 2 aromatic carbocycles. The Balaban J connectivity index is 1.40. The Morgan fingerprint density at radius 1 is 1.03 bits per heavy atom. The third kappa shape index (κ3) is 5.76. The van der Waals surface area contributed by atoms with Crippen molar-refractivity contribution in [3.63, 3.8) is 0 Å². The predicted molar refractivity (Wildman–Crippen MR) is 130 cm³/mol. The summed E-state index contributed by atoms with van der Waals surface area (Å²) in [5, 5.41) is 3.86. The number of piperidine rings is 1. The number of likely N-dealkylation sites (tertiary alicyclic amines) is 1. The Morgan fingerprint density at radius 2 is 1.78 bits per heavy atom. The first kappa shape index (κ1) is 22.5. The van der Waals surface area contributed by atoms with Gasteiger partial charge >= 0.3 is 0 Å². The summed E-state index contributed by atoms with van der Waals surface area (Å²) in [7, 11) is 0. The van der Waals surface area contributed by atoms with Crippen LogP contribution in [0.4, 0.5) is 0 Å². The molecule has 1 saturated heterocycles. The molecule has 1 fully saturated rings. The molecule has 32 heavy (non-hydrogen) atoms. The third-order valence-corrected chi connectivity index (χ3v) is 6.39. The maximum atomic E-state index is 13.0. The summed E-state index contributed by atoms with van der Waals surface area (Å²) in [6.45, 7) is 7.44. The molecule has 1 N–H and O–H groups in total. The highest BCUT2D eigenvalue weighted by atomic mass is 35.5. The van der Waals surface area contributed by atoms with Crippen molar-refractivity contribution in [1.82, 2.24) is 15.2 Å². The Hall–Kier alpha value is -2.69. The van der Waals surface area contributed by atoms with Crippen LogP contribution in [0.2, 0.25) is 5.02 Å². The van der Waals surface area contributed by atoms with Crippen molar-refractivity contribution in [1.29, 1.82) is 0 Å². The number of aryl methyl sites for hydroxylation is 2. The molecule has 1 aliphatic heterocycles. The van der Waals surface area contributed by atoms with Crippen LogP contribution in [-0.2, 0) is 13.1 Å². The molecular weight excluding hydrogens is 418 g/mol. The Labute approximate surface area is 195 Å². The van der Waals surface area contributed by atoms with Gasteiger partial charge in [0.1, 0.15) is 0 Å². The molecule has 2 heterocycles. The van der Waals surface area contributed by atoms with Crippen molar-refractivity contribution < 1.29 is 4.79 Å². The summed E-state index contributed by atoms with van der Waals surface area (Å²) < 4.78 is 0. The van der Waals surface area contributed by atoms with Crippen molar-refractivity contribution in [3.8, 4) is 0 Å². The van der Waals surface area contributed by atoms with Crippen LogP contribution in [-0.4, -0.2) is 28.9 Å². The van der Waals surface area contributed by atoms with E-state index in [2.05, 4.69) is 47.5 Å². The molecule has 0 aliphatic carbocycles. The van der Waals surface area contributed by atoms with Crippen LogP contribution in [0.5, 0.6) is 0 Å². The SMILES string of the molecule is Cc1ccc(CNC(=O)c2ccc(C)nc2C2CCN(Cc3cccc(Cl)c3)CC2)cc1. The van der Waals surface area contributed by atoms with Gasteiger partial charge in [-0.1, -0.05) is 53.6 Å². The third-order valence-electron chi connectivity index (χ3n) is 6.15. The van der Waals surface area contributed by atoms with E-state index >= 15 is 0 Å². The summed E-state index contributed by atoms with van der Waals surface area (Å²) in [6.07, 6.45) is 1.99. The van der Waals surface area contributed by atoms with Crippen LogP contribution in [0, 0.1) is 13.8 Å². The van der Waals surface area contributed by atoms with Crippen molar-refractivity contribution in [2.24, 2.45) is 0 Å². The lowest BCUT2D eigenvalue weighted by Crippen LogP contribution is -2.34. The lowest BCUT2D eigenvalue weighted by Gasteiger charge is -2.32. The Bertz CT molecular complexity index is 1070. The van der Waals surface area contributed by atoms with Crippen LogP contribution in [0.25, 0.3) is 0 Å². The largest absolute Gasteiger partial charge is 0.348 e. The fraction of sp³-hybridized carbons (Fsp3) is 0.333. The summed E-state index contributed by atoms with van der Waals surface area (Å²) in [5.41, 5.74) is 6.15. The van der Waals surface area contributed by atoms with Gasteiger partial charge in [0.25, 0.3) is 5.91 Å². The van der Waals surface area contributed by atoms with Crippen molar-refractivity contribution >= 4 is 17.5 Å². The number of rotatable bonds is 6. The first-order valence-corrected chi connectivity index (χ1v) is 11.6. The number of halogens is 1. The molecular formula is C27H30ClN3O. The van der Waals surface area contributed by atoms with Crippen LogP contribution in [0.15, 0.2) is 60.7 Å². The second-order valence-electron chi connectivity index (χ2n) is 8.73. The molecule has 0 saturated carbocycles. The first-order chi connectivity index (χ1) is 15.5. The number of benzene rings is 2. The van der Waals surface area contributed by atoms with Gasteiger partial charge in [0, 0.05) is 29.7 Å². The van der Waals surface area contributed by atoms with E-state index in [1.54, 1.807) is 0 Å². The van der Waals surface area contributed by atoms with Crippen LogP contribution >= 0.6 is 11.6 Å². The quantitative estimate of drug-likeness (QED) is 0.530. The van der Waals surface area contributed by atoms with Crippen molar-refractivity contribution in [2.45, 2.75) is 45.7 Å². The van der Waals surface area contributed by atoms with Gasteiger partial charge in [-0.3, -0.25) is 14.7 Å². The standard InChI is InChI=1S/C27H30ClN3O/c1-19-6-9-21(10-7-19)17-29-27(32)25-11-8-20(2)30-26(25)23-12-14-31(15-13-23)18-22-4-3-5-24(28)16-22/h3-11,16,23H,12-15,17-18H2,1-2H3,(H,29,32). The van der Waals surface area contributed by atoms with Crippen molar-refractivity contribution in [3.05, 3.63) is 99.3 Å². The smallest absolute Gasteiger partial charge is 0.253 e. The molecule has 5 heteroatoms. The highest BCUT2D eigenvalue weighted by Crippen LogP contribution is 2.30. The van der Waals surface area contributed by atoms with E-state index in [1.807, 2.05) is 37.3 Å². The van der Waals surface area contributed by atoms with Crippen molar-refractivity contribution in [2.75, 3.05) is 13.1 Å². The van der Waals surface area contributed by atoms with Gasteiger partial charge in [0.15, 0.2) is 0 Å². The van der Waals surface area contributed by atoms with Crippen LogP contribution < -0.4 is 5.32 Å². The minimum absolute atomic E-state index is 0.0468. The fourth-order valence-electron chi connectivity index (χ4n) is 4.32. The summed E-state index contributed by atoms with van der Waals surface area (Å²) in [5.74, 6) is 0.250. The Kier molecular flexibility index (Phi) is 7.23. The highest BCUT2D eigenvalue weighted by molar-refractivity contribution is 6.30. The van der Waals surface area contributed by atoms with E-state index in [-0.39, 0.29) is 5.91 Å². The van der Waals surface area contributed by atoms with E-state index in [9.17, 15) is 4.79 Å². The number of carbonyl (C=O) groups excluding carboxylic acids is 1. The number of hydrogen-bond donors (Lipinski definition) is 1. The van der Waals surface area contributed by atoms with Gasteiger partial charge in [-0.15, -0.1) is 0 Å². The molecule has 4 rings (SSSR count). The first-order valence-electron chi connectivity index (χ1n) is 11.3. The van der Waals surface area contributed by atoms with Gasteiger partial charge in [-0.05, 0) is 75.2 Å². The lowest BCUT2D eigenvalue weighted by molar-refractivity contribution is 0.0948. The van der Waals surface area contributed by atoms with E-state index in [0.29, 0.717) is 18.0 Å². The minimum atomic E-state index is -0.0468. The average Bonchev–Trinajstić information content (AvgIpc) is 2.79. The molecule has 0 atom stereocenters. The predicted octanol–water partition coefficient (Wildman–Crippen LogP) is 5.66. The van der Waals surface area contributed by atoms with Gasteiger partial charge in [0.2, 0.25) is 0 Å². The summed E-state index contributed by atoms with van der Waals surface area (Å²) in [6, 6.07) is 20.2. The number of pyridine rings is 1. The second kappa shape index (κ2) is 10.3. The zero-order valence-electron chi connectivity index (χ0n) is 18.8. The second-order valence-corrected chi connectivity index (χ2v) is 9.17. The van der Waals surface area contributed by atoms with Gasteiger partial charge in [-0.25, -0.2) is 0 Å². The summed E-state index contributed by atoms with van der Waals surface area (Å²) >= 11 is 6.13. The fourth-order valence-corrected chi connectivity index (χ4v) is 4.53. The Morgan fingerprint density at radius 3 is 2.50 bits per heavy atom. The van der Waals surface area contributed by atoms with Gasteiger partial charge < -0.3 is 5.32 Å². The molecule has 3 aromatic rings. The molecule has 1 aromatic heterocycles. The van der Waals surface area contributed by atoms with Crippen LogP contribution in [0.1, 0.15) is 57.2 Å². The molecule has 166 valence electrons. The van der Waals surface area contributed by atoms with E-state index in [4.69, 9.17) is 16.6 Å². The number of amides is 1. The van der Waals surface area contributed by atoms with E-state index in [1.165, 1.54) is 11.1 Å². The minimum Gasteiger partial charge on any atom is -0.348 e. The maximum Gasteiger partial charge on any atom is 0.253 e. The van der Waals surface area contributed by atoms with Gasteiger partial charge in [-0.2, -0.15) is 0 Å². The zero-order chi connectivity index (χ0) is 22.5. The van der Waals surface area contributed by atoms with Gasteiger partial charge in [0.05, 0.1) is 11.3 Å². The number of aromatic nitrogens is 1. The molecule has 0 unspecified atom stereocenters. The number of nitrogens with zero attached hydrogens (tertiary/aromatic N) is 2. The molecule has 1 aliphatic rings. The molecule has 0 radical (unpaired) electrons. The van der Waals surface area contributed by atoms with Crippen LogP contribution in [0.3, 0.4) is 0 Å². The summed E-state index contributed by atoms with van der Waals surface area (Å²) in [4.78, 5) is 20.3. The normalized spacial score (nSPS) is 15.0. The molecule has 0 spiro atoms. The monoisotopic (exact) mass is 447 g/mol. The highest BCUT2D eigenvalue weighted by Gasteiger charge is 2.26. The lowest BCUT2D eigenvalue weighted by atomic mass is 9.89. The van der Waals surface area contributed by atoms with E-state index < -0.39 is 0 Å². The van der Waals surface area contributed by atoms with E-state index in [0.717, 1.165) is 54.4 Å². The number of carbonyl (C=O) groups is 1. The maximum absolute atomic E-state index is 13.0. The topological polar surface area (TPSA) is 45.2 Å². The molecule has 4 nitrogen and oxygen atoms in total. The number of nitrogens with one attached hydrogen (secondary N) is 1. The molecule has 1 amide bonds. The average molecular weight is 448 g/mol. The number of hydrogen-bond acceptors (Lipinski definition) is 3. The zero-order valence-corrected chi connectivity index (χ0v) is 19.5. The molecule has 0 bridgehead atoms.